The van der Waals surface area contributed by atoms with E-state index >= 15 is 0 Å². The number of benzene rings is 1. The van der Waals surface area contributed by atoms with Gasteiger partial charge in [-0.15, -0.1) is 11.3 Å². The summed E-state index contributed by atoms with van der Waals surface area (Å²) in [7, 11) is 0. The van der Waals surface area contributed by atoms with E-state index in [2.05, 4.69) is 27.5 Å². The van der Waals surface area contributed by atoms with Crippen molar-refractivity contribution in [3.63, 3.8) is 0 Å². The Morgan fingerprint density at radius 2 is 1.96 bits per heavy atom. The van der Waals surface area contributed by atoms with Crippen LogP contribution in [0.3, 0.4) is 0 Å². The van der Waals surface area contributed by atoms with Crippen LogP contribution in [-0.2, 0) is 12.0 Å². The molecule has 0 aliphatic carbocycles. The molecule has 0 saturated carbocycles. The van der Waals surface area contributed by atoms with Crippen molar-refractivity contribution >= 4 is 17.3 Å². The zero-order valence-electron chi connectivity index (χ0n) is 15.6. The monoisotopic (exact) mass is 362 g/mol. The number of hydrogen-bond donors (Lipinski definition) is 2. The van der Waals surface area contributed by atoms with Gasteiger partial charge in [-0.1, -0.05) is 32.0 Å². The summed E-state index contributed by atoms with van der Waals surface area (Å²) in [5.41, 5.74) is 1.41. The van der Waals surface area contributed by atoms with Crippen LogP contribution >= 0.6 is 11.3 Å². The highest BCUT2D eigenvalue weighted by Gasteiger charge is 2.24. The minimum atomic E-state index is -0.351. The van der Waals surface area contributed by atoms with E-state index in [-0.39, 0.29) is 11.2 Å². The van der Waals surface area contributed by atoms with Gasteiger partial charge in [-0.2, -0.15) is 0 Å². The van der Waals surface area contributed by atoms with Crippen molar-refractivity contribution in [2.24, 2.45) is 4.99 Å². The number of halogens is 1. The molecule has 0 saturated heterocycles. The van der Waals surface area contributed by atoms with Crippen LogP contribution in [0.4, 0.5) is 4.39 Å². The van der Waals surface area contributed by atoms with Crippen molar-refractivity contribution in [2.75, 3.05) is 13.1 Å². The lowest BCUT2D eigenvalue weighted by atomic mass is 9.84. The van der Waals surface area contributed by atoms with Gasteiger partial charge < -0.3 is 10.6 Å². The first-order chi connectivity index (χ1) is 11.8. The minimum absolute atomic E-state index is 0.176. The lowest BCUT2D eigenvalue weighted by molar-refractivity contribution is 0.473. The average molecular weight is 363 g/mol. The summed E-state index contributed by atoms with van der Waals surface area (Å²) < 4.78 is 14.1. The largest absolute Gasteiger partial charge is 0.357 e. The number of hydrogen-bond acceptors (Lipinski definition) is 3. The van der Waals surface area contributed by atoms with Gasteiger partial charge in [0, 0.05) is 23.4 Å². The highest BCUT2D eigenvalue weighted by Crippen LogP contribution is 2.24. The maximum atomic E-state index is 14.1. The van der Waals surface area contributed by atoms with Crippen LogP contribution in [0, 0.1) is 19.7 Å². The number of aromatic nitrogens is 1. The van der Waals surface area contributed by atoms with Gasteiger partial charge in [0.2, 0.25) is 0 Å². The summed E-state index contributed by atoms with van der Waals surface area (Å²) >= 11 is 1.67. The molecule has 0 atom stereocenters. The Morgan fingerprint density at radius 1 is 1.24 bits per heavy atom. The van der Waals surface area contributed by atoms with Gasteiger partial charge in [-0.05, 0) is 32.4 Å². The maximum Gasteiger partial charge on any atom is 0.191 e. The van der Waals surface area contributed by atoms with Crippen molar-refractivity contribution in [2.45, 2.75) is 46.6 Å². The Hall–Kier alpha value is -1.95. The van der Waals surface area contributed by atoms with E-state index in [0.717, 1.165) is 23.2 Å². The molecular weight excluding hydrogens is 335 g/mol. The molecule has 6 heteroatoms. The molecule has 2 rings (SSSR count). The average Bonchev–Trinajstić information content (AvgIpc) is 2.88. The smallest absolute Gasteiger partial charge is 0.191 e. The molecule has 0 aliphatic rings. The van der Waals surface area contributed by atoms with E-state index in [1.54, 1.807) is 17.4 Å². The Balaban J connectivity index is 2.05. The van der Waals surface area contributed by atoms with E-state index < -0.39 is 0 Å². The second kappa shape index (κ2) is 8.43. The van der Waals surface area contributed by atoms with Crippen LogP contribution in [-0.4, -0.2) is 24.0 Å². The number of aryl methyl sites for hydroxylation is 2. The van der Waals surface area contributed by atoms with Gasteiger partial charge in [-0.3, -0.25) is 0 Å². The van der Waals surface area contributed by atoms with Crippen LogP contribution in [0.25, 0.3) is 0 Å². The van der Waals surface area contributed by atoms with Gasteiger partial charge in [-0.25, -0.2) is 14.4 Å². The molecule has 0 unspecified atom stereocenters. The second-order valence-electron chi connectivity index (χ2n) is 6.66. The summed E-state index contributed by atoms with van der Waals surface area (Å²) in [5.74, 6) is 0.544. The van der Waals surface area contributed by atoms with Crippen molar-refractivity contribution in [1.82, 2.24) is 15.6 Å². The molecule has 0 fully saturated rings. The maximum absolute atomic E-state index is 14.1. The Kier molecular flexibility index (Phi) is 6.53. The van der Waals surface area contributed by atoms with Crippen LogP contribution in [0.1, 0.15) is 41.9 Å². The molecule has 2 N–H and O–H groups in total. The normalized spacial score (nSPS) is 12.3. The van der Waals surface area contributed by atoms with E-state index in [0.29, 0.717) is 18.7 Å². The predicted octanol–water partition coefficient (Wildman–Crippen LogP) is 3.93. The van der Waals surface area contributed by atoms with Crippen molar-refractivity contribution < 1.29 is 4.39 Å². The predicted molar refractivity (Wildman–Crippen MR) is 104 cm³/mol. The van der Waals surface area contributed by atoms with Crippen LogP contribution < -0.4 is 10.6 Å². The van der Waals surface area contributed by atoms with Gasteiger partial charge in [0.15, 0.2) is 5.96 Å². The summed E-state index contributed by atoms with van der Waals surface area (Å²) in [5, 5.41) is 7.56. The number of rotatable bonds is 6. The molecule has 25 heavy (non-hydrogen) atoms. The lowest BCUT2D eigenvalue weighted by Crippen LogP contribution is -2.43. The molecule has 136 valence electrons. The fourth-order valence-corrected chi connectivity index (χ4v) is 3.36. The fraction of sp³-hybridized carbons (Fsp3) is 0.474. The van der Waals surface area contributed by atoms with Gasteiger partial charge in [0.1, 0.15) is 10.8 Å². The Labute approximate surface area is 153 Å². The number of nitrogens with zero attached hydrogens (tertiary/aromatic N) is 2. The molecule has 2 aromatic rings. The van der Waals surface area contributed by atoms with Crippen LogP contribution in [0.5, 0.6) is 0 Å². The third-order valence-electron chi connectivity index (χ3n) is 4.09. The SMILES string of the molecule is CCNC(=NCc1nc(C)c(C)s1)NCC(C)(C)c1ccccc1F. The lowest BCUT2D eigenvalue weighted by Gasteiger charge is -2.27. The molecule has 0 amide bonds. The first-order valence-corrected chi connectivity index (χ1v) is 9.35. The highest BCUT2D eigenvalue weighted by atomic mass is 32.1. The molecule has 0 aliphatic heterocycles. The summed E-state index contributed by atoms with van der Waals surface area (Å²) in [6, 6.07) is 6.92. The molecule has 1 aromatic heterocycles. The number of thiazole rings is 1. The molecule has 0 spiro atoms. The molecule has 1 heterocycles. The molecule has 0 bridgehead atoms. The van der Waals surface area contributed by atoms with Gasteiger partial charge >= 0.3 is 0 Å². The van der Waals surface area contributed by atoms with Crippen LogP contribution in [0.15, 0.2) is 29.3 Å². The molecule has 0 radical (unpaired) electrons. The zero-order chi connectivity index (χ0) is 18.4. The van der Waals surface area contributed by atoms with Gasteiger partial charge in [0.25, 0.3) is 0 Å². The second-order valence-corrected chi connectivity index (χ2v) is 7.95. The molecule has 4 nitrogen and oxygen atoms in total. The first kappa shape index (κ1) is 19.4. The standard InChI is InChI=1S/C19H27FN4S/c1-6-21-18(22-11-17-24-13(2)14(3)25-17)23-12-19(4,5)15-9-7-8-10-16(15)20/h7-10H,6,11-12H2,1-5H3,(H2,21,22,23). The first-order valence-electron chi connectivity index (χ1n) is 8.53. The van der Waals surface area contributed by atoms with Crippen molar-refractivity contribution in [3.05, 3.63) is 51.2 Å². The number of nitrogens with one attached hydrogen (secondary N) is 2. The van der Waals surface area contributed by atoms with Crippen molar-refractivity contribution in [3.8, 4) is 0 Å². The fourth-order valence-electron chi connectivity index (χ4n) is 2.51. The van der Waals surface area contributed by atoms with Gasteiger partial charge in [0.05, 0.1) is 12.2 Å². The van der Waals surface area contributed by atoms with E-state index in [9.17, 15) is 4.39 Å². The topological polar surface area (TPSA) is 49.3 Å². The third-order valence-corrected chi connectivity index (χ3v) is 5.15. The van der Waals surface area contributed by atoms with E-state index in [1.807, 2.05) is 39.8 Å². The van der Waals surface area contributed by atoms with Crippen molar-refractivity contribution in [1.29, 1.82) is 0 Å². The van der Waals surface area contributed by atoms with E-state index in [4.69, 9.17) is 0 Å². The summed E-state index contributed by atoms with van der Waals surface area (Å²) in [6.45, 7) is 12.0. The van der Waals surface area contributed by atoms with E-state index in [1.165, 1.54) is 10.9 Å². The zero-order valence-corrected chi connectivity index (χ0v) is 16.4. The van der Waals surface area contributed by atoms with Crippen LogP contribution in [0.2, 0.25) is 0 Å². The summed E-state index contributed by atoms with van der Waals surface area (Å²) in [6.07, 6.45) is 0. The summed E-state index contributed by atoms with van der Waals surface area (Å²) in [4.78, 5) is 10.3. The number of aliphatic imine (C=N–C) groups is 1. The third kappa shape index (κ3) is 5.26. The quantitative estimate of drug-likeness (QED) is 0.605. The molecular formula is C19H27FN4S. The Morgan fingerprint density at radius 3 is 2.56 bits per heavy atom. The molecule has 1 aromatic carbocycles. The number of guanidine groups is 1. The highest BCUT2D eigenvalue weighted by molar-refractivity contribution is 7.11. The minimum Gasteiger partial charge on any atom is -0.357 e. The Bertz CT molecular complexity index is 717.